The van der Waals surface area contributed by atoms with Crippen LogP contribution in [0.25, 0.3) is 11.0 Å². The van der Waals surface area contributed by atoms with Crippen LogP contribution in [-0.4, -0.2) is 30.6 Å². The van der Waals surface area contributed by atoms with Crippen molar-refractivity contribution in [3.63, 3.8) is 0 Å². The lowest BCUT2D eigenvalue weighted by molar-refractivity contribution is -0.148. The van der Waals surface area contributed by atoms with Gasteiger partial charge in [0.25, 0.3) is 0 Å². The van der Waals surface area contributed by atoms with Gasteiger partial charge < -0.3 is 9.15 Å². The second-order valence-electron chi connectivity index (χ2n) is 6.19. The predicted molar refractivity (Wildman–Crippen MR) is 92.3 cm³/mol. The number of carbonyl (C=O) groups is 1. The van der Waals surface area contributed by atoms with Gasteiger partial charge in [-0.15, -0.1) is 0 Å². The first-order valence-corrected chi connectivity index (χ1v) is 8.42. The number of carbonyl (C=O) groups excluding carboxylic acids is 1. The molecule has 1 saturated heterocycles. The normalized spacial score (nSPS) is 18.7. The standard InChI is InChI=1S/C18H20ClNO4/c1-11-7-16-13(9-14(11)19)12(8-17(21)24-16)10-20-6-4-3-5-15(20)18(22)23-2/h7-9,15H,3-6,10H2,1-2H3. The summed E-state index contributed by atoms with van der Waals surface area (Å²) in [6.45, 7) is 3.15. The van der Waals surface area contributed by atoms with Crippen LogP contribution in [0.1, 0.15) is 30.4 Å². The molecule has 0 saturated carbocycles. The molecule has 2 aromatic rings. The minimum absolute atomic E-state index is 0.226. The monoisotopic (exact) mass is 349 g/mol. The number of hydrogen-bond acceptors (Lipinski definition) is 5. The van der Waals surface area contributed by atoms with Gasteiger partial charge in [-0.3, -0.25) is 9.69 Å². The van der Waals surface area contributed by atoms with Crippen LogP contribution in [0.4, 0.5) is 0 Å². The van der Waals surface area contributed by atoms with Gasteiger partial charge in [0.15, 0.2) is 0 Å². The summed E-state index contributed by atoms with van der Waals surface area (Å²) >= 11 is 6.24. The van der Waals surface area contributed by atoms with E-state index in [0.29, 0.717) is 17.2 Å². The highest BCUT2D eigenvalue weighted by atomic mass is 35.5. The lowest BCUT2D eigenvalue weighted by Gasteiger charge is -2.33. The van der Waals surface area contributed by atoms with Crippen molar-refractivity contribution in [3.05, 3.63) is 44.8 Å². The molecule has 0 spiro atoms. The van der Waals surface area contributed by atoms with Crippen molar-refractivity contribution >= 4 is 28.5 Å². The first-order valence-electron chi connectivity index (χ1n) is 8.04. The molecule has 5 nitrogen and oxygen atoms in total. The van der Waals surface area contributed by atoms with E-state index in [2.05, 4.69) is 4.90 Å². The number of halogens is 1. The third-order valence-electron chi connectivity index (χ3n) is 4.57. The Bertz CT molecular complexity index is 830. The van der Waals surface area contributed by atoms with Gasteiger partial charge in [-0.1, -0.05) is 18.0 Å². The number of nitrogens with zero attached hydrogens (tertiary/aromatic N) is 1. The number of aryl methyl sites for hydroxylation is 1. The van der Waals surface area contributed by atoms with Gasteiger partial charge in [-0.2, -0.15) is 0 Å². The Balaban J connectivity index is 2.00. The third-order valence-corrected chi connectivity index (χ3v) is 4.98. The summed E-state index contributed by atoms with van der Waals surface area (Å²) in [6.07, 6.45) is 2.79. The first-order chi connectivity index (χ1) is 11.5. The number of esters is 1. The summed E-state index contributed by atoms with van der Waals surface area (Å²) < 4.78 is 10.2. The molecule has 0 radical (unpaired) electrons. The van der Waals surface area contributed by atoms with E-state index in [1.807, 2.05) is 13.0 Å². The Labute approximate surface area is 145 Å². The summed E-state index contributed by atoms with van der Waals surface area (Å²) in [5.41, 5.74) is 1.80. The largest absolute Gasteiger partial charge is 0.468 e. The molecule has 0 amide bonds. The molecule has 128 valence electrons. The molecule has 0 bridgehead atoms. The highest BCUT2D eigenvalue weighted by Gasteiger charge is 2.29. The number of hydrogen-bond donors (Lipinski definition) is 0. The van der Waals surface area contributed by atoms with E-state index in [1.54, 1.807) is 6.07 Å². The number of methoxy groups -OCH3 is 1. The van der Waals surface area contributed by atoms with Gasteiger partial charge >= 0.3 is 11.6 Å². The lowest BCUT2D eigenvalue weighted by Crippen LogP contribution is -2.44. The number of benzene rings is 1. The molecule has 1 aromatic carbocycles. The van der Waals surface area contributed by atoms with Crippen LogP contribution in [-0.2, 0) is 16.1 Å². The van der Waals surface area contributed by atoms with Crippen molar-refractivity contribution in [1.82, 2.24) is 4.90 Å². The van der Waals surface area contributed by atoms with Crippen LogP contribution in [0.3, 0.4) is 0 Å². The minimum Gasteiger partial charge on any atom is -0.468 e. The zero-order valence-electron chi connectivity index (χ0n) is 13.8. The van der Waals surface area contributed by atoms with E-state index >= 15 is 0 Å². The quantitative estimate of drug-likeness (QED) is 0.628. The molecular formula is C18H20ClNO4. The molecule has 1 aliphatic heterocycles. The van der Waals surface area contributed by atoms with Crippen LogP contribution >= 0.6 is 11.6 Å². The van der Waals surface area contributed by atoms with E-state index in [-0.39, 0.29) is 12.0 Å². The molecule has 6 heteroatoms. The second kappa shape index (κ2) is 6.95. The van der Waals surface area contributed by atoms with Gasteiger partial charge in [0, 0.05) is 23.0 Å². The van der Waals surface area contributed by atoms with Crippen LogP contribution in [0.5, 0.6) is 0 Å². The summed E-state index contributed by atoms with van der Waals surface area (Å²) in [5.74, 6) is -0.226. The number of fused-ring (bicyclic) bond motifs is 1. The van der Waals surface area contributed by atoms with Gasteiger partial charge in [-0.05, 0) is 49.6 Å². The Morgan fingerprint density at radius 1 is 1.38 bits per heavy atom. The first kappa shape index (κ1) is 17.0. The number of rotatable bonds is 3. The van der Waals surface area contributed by atoms with Crippen LogP contribution in [0, 0.1) is 6.92 Å². The summed E-state index contributed by atoms with van der Waals surface area (Å²) in [4.78, 5) is 26.0. The fourth-order valence-corrected chi connectivity index (χ4v) is 3.44. The molecule has 1 fully saturated rings. The van der Waals surface area contributed by atoms with Crippen molar-refractivity contribution in [2.24, 2.45) is 0 Å². The van der Waals surface area contributed by atoms with Gasteiger partial charge in [0.05, 0.1) is 7.11 Å². The van der Waals surface area contributed by atoms with Crippen LogP contribution in [0.15, 0.2) is 27.4 Å². The van der Waals surface area contributed by atoms with E-state index in [0.717, 1.165) is 42.3 Å². The van der Waals surface area contributed by atoms with Crippen LogP contribution in [0.2, 0.25) is 5.02 Å². The Morgan fingerprint density at radius 2 is 2.17 bits per heavy atom. The number of likely N-dealkylation sites (tertiary alicyclic amines) is 1. The van der Waals surface area contributed by atoms with Gasteiger partial charge in [0.2, 0.25) is 0 Å². The number of piperidine rings is 1. The molecular weight excluding hydrogens is 330 g/mol. The summed E-state index contributed by atoms with van der Waals surface area (Å²) in [5, 5.41) is 1.43. The highest BCUT2D eigenvalue weighted by molar-refractivity contribution is 6.32. The average Bonchev–Trinajstić information content (AvgIpc) is 2.56. The summed E-state index contributed by atoms with van der Waals surface area (Å²) in [6, 6.07) is 4.81. The maximum Gasteiger partial charge on any atom is 0.336 e. The van der Waals surface area contributed by atoms with Gasteiger partial charge in [0.1, 0.15) is 11.6 Å². The Hall–Kier alpha value is -1.85. The van der Waals surface area contributed by atoms with E-state index in [1.165, 1.54) is 13.2 Å². The molecule has 2 heterocycles. The van der Waals surface area contributed by atoms with E-state index in [9.17, 15) is 9.59 Å². The molecule has 1 aliphatic rings. The fourth-order valence-electron chi connectivity index (χ4n) is 3.28. The topological polar surface area (TPSA) is 59.8 Å². The predicted octanol–water partition coefficient (Wildman–Crippen LogP) is 3.28. The van der Waals surface area contributed by atoms with Crippen molar-refractivity contribution in [3.8, 4) is 0 Å². The second-order valence-corrected chi connectivity index (χ2v) is 6.60. The zero-order chi connectivity index (χ0) is 17.3. The molecule has 24 heavy (non-hydrogen) atoms. The zero-order valence-corrected chi connectivity index (χ0v) is 14.6. The lowest BCUT2D eigenvalue weighted by atomic mass is 10.00. The minimum atomic E-state index is -0.397. The van der Waals surface area contributed by atoms with Crippen molar-refractivity contribution in [1.29, 1.82) is 0 Å². The molecule has 3 rings (SSSR count). The summed E-state index contributed by atoms with van der Waals surface area (Å²) in [7, 11) is 1.41. The molecule has 1 unspecified atom stereocenters. The molecule has 1 aromatic heterocycles. The third kappa shape index (κ3) is 3.32. The Kier molecular flexibility index (Phi) is 4.92. The number of ether oxygens (including phenoxy) is 1. The Morgan fingerprint density at radius 3 is 2.92 bits per heavy atom. The van der Waals surface area contributed by atoms with Crippen molar-refractivity contribution in [2.75, 3.05) is 13.7 Å². The fraction of sp³-hybridized carbons (Fsp3) is 0.444. The van der Waals surface area contributed by atoms with Gasteiger partial charge in [-0.25, -0.2) is 4.79 Å². The maximum atomic E-state index is 12.0. The molecule has 0 N–H and O–H groups in total. The smallest absolute Gasteiger partial charge is 0.336 e. The van der Waals surface area contributed by atoms with Crippen molar-refractivity contribution < 1.29 is 13.9 Å². The average molecular weight is 350 g/mol. The highest BCUT2D eigenvalue weighted by Crippen LogP contribution is 2.27. The SMILES string of the molecule is COC(=O)C1CCCCN1Cc1cc(=O)oc2cc(C)c(Cl)cc12. The molecule has 1 atom stereocenters. The van der Waals surface area contributed by atoms with Crippen LogP contribution < -0.4 is 5.63 Å². The van der Waals surface area contributed by atoms with E-state index in [4.69, 9.17) is 20.8 Å². The van der Waals surface area contributed by atoms with Crippen molar-refractivity contribution in [2.45, 2.75) is 38.8 Å². The van der Waals surface area contributed by atoms with E-state index < -0.39 is 5.63 Å². The maximum absolute atomic E-state index is 12.0. The molecule has 0 aliphatic carbocycles.